The van der Waals surface area contributed by atoms with Gasteiger partial charge < -0.3 is 19.9 Å². The lowest BCUT2D eigenvalue weighted by Gasteiger charge is -2.29. The molecular weight excluding hydrogens is 266 g/mol. The number of aliphatic hydroxyl groups is 1. The second-order valence-electron chi connectivity index (χ2n) is 4.86. The number of aromatic nitrogens is 2. The van der Waals surface area contributed by atoms with Crippen LogP contribution in [0.5, 0.6) is 5.88 Å². The molecule has 1 aromatic heterocycles. The number of nitrogens with one attached hydrogen (secondary N) is 1. The maximum atomic E-state index is 9.84. The summed E-state index contributed by atoms with van der Waals surface area (Å²) in [5.41, 5.74) is 0. The quantitative estimate of drug-likeness (QED) is 0.768. The van der Waals surface area contributed by atoms with E-state index in [0.717, 1.165) is 37.8 Å². The second-order valence-corrected chi connectivity index (χ2v) is 5.41. The van der Waals surface area contributed by atoms with Crippen LogP contribution in [-0.4, -0.2) is 52.4 Å². The van der Waals surface area contributed by atoms with Crippen molar-refractivity contribution in [1.82, 2.24) is 14.1 Å². The van der Waals surface area contributed by atoms with E-state index in [1.54, 1.807) is 6.20 Å². The first-order valence-electron chi connectivity index (χ1n) is 6.65. The van der Waals surface area contributed by atoms with Crippen LogP contribution in [0.4, 0.5) is 0 Å². The fourth-order valence-corrected chi connectivity index (χ4v) is 2.53. The molecule has 1 saturated heterocycles. The summed E-state index contributed by atoms with van der Waals surface area (Å²) in [6.45, 7) is 4.61. The molecule has 108 valence electrons. The summed E-state index contributed by atoms with van der Waals surface area (Å²) in [5, 5.41) is 13.2. The minimum absolute atomic E-state index is 0.235. The summed E-state index contributed by atoms with van der Waals surface area (Å²) in [4.78, 5) is 0. The van der Waals surface area contributed by atoms with Crippen molar-refractivity contribution in [1.29, 1.82) is 0 Å². The topological polar surface area (TPSA) is 76.5 Å². The van der Waals surface area contributed by atoms with Gasteiger partial charge in [-0.1, -0.05) is 0 Å². The summed E-state index contributed by atoms with van der Waals surface area (Å²) in [5.74, 6) is 1.10. The van der Waals surface area contributed by atoms with Crippen molar-refractivity contribution >= 4 is 11.7 Å². The first kappa shape index (κ1) is 14.6. The van der Waals surface area contributed by atoms with E-state index in [9.17, 15) is 5.11 Å². The second kappa shape index (κ2) is 7.74. The van der Waals surface area contributed by atoms with Gasteiger partial charge in [-0.2, -0.15) is 4.37 Å². The van der Waals surface area contributed by atoms with Gasteiger partial charge in [0, 0.05) is 25.8 Å². The zero-order valence-electron chi connectivity index (χ0n) is 11.1. The molecule has 0 bridgehead atoms. The molecule has 1 aliphatic rings. The highest BCUT2D eigenvalue weighted by Crippen LogP contribution is 2.18. The molecule has 1 aliphatic heterocycles. The van der Waals surface area contributed by atoms with E-state index in [1.807, 2.05) is 0 Å². The largest absolute Gasteiger partial charge is 0.473 e. The smallest absolute Gasteiger partial charge is 0.245 e. The number of aliphatic hydroxyl groups excluding tert-OH is 1. The van der Waals surface area contributed by atoms with Crippen LogP contribution >= 0.6 is 11.7 Å². The van der Waals surface area contributed by atoms with Gasteiger partial charge in [0.25, 0.3) is 0 Å². The van der Waals surface area contributed by atoms with Gasteiger partial charge >= 0.3 is 0 Å². The third-order valence-corrected chi connectivity index (χ3v) is 3.87. The predicted molar refractivity (Wildman–Crippen MR) is 72.4 cm³/mol. The monoisotopic (exact) mass is 287 g/mol. The molecule has 7 heteroatoms. The number of hydrogen-bond donors (Lipinski definition) is 2. The Kier molecular flexibility index (Phi) is 5.96. The molecule has 2 atom stereocenters. The first-order chi connectivity index (χ1) is 9.25. The van der Waals surface area contributed by atoms with E-state index in [2.05, 4.69) is 21.0 Å². The lowest BCUT2D eigenvalue weighted by Crippen LogP contribution is -2.41. The van der Waals surface area contributed by atoms with Gasteiger partial charge in [0.2, 0.25) is 5.88 Å². The maximum absolute atomic E-state index is 9.84. The standard InChI is InChI=1S/C12H21N3O3S/c1-9(10-2-4-17-5-3-10)13-6-11(16)8-18-12-7-14-19-15-12/h7,9-11,13,16H,2-6,8H2,1H3. The Morgan fingerprint density at radius 1 is 1.58 bits per heavy atom. The molecule has 0 amide bonds. The van der Waals surface area contributed by atoms with Crippen molar-refractivity contribution in [2.45, 2.75) is 31.9 Å². The Bertz CT molecular complexity index is 344. The van der Waals surface area contributed by atoms with Gasteiger partial charge in [-0.25, -0.2) is 0 Å². The number of hydrogen-bond acceptors (Lipinski definition) is 7. The Morgan fingerprint density at radius 3 is 3.05 bits per heavy atom. The van der Waals surface area contributed by atoms with Crippen molar-refractivity contribution in [2.24, 2.45) is 5.92 Å². The molecule has 1 aromatic rings. The third-order valence-electron chi connectivity index (χ3n) is 3.41. The van der Waals surface area contributed by atoms with Crippen LogP contribution in [0.1, 0.15) is 19.8 Å². The lowest BCUT2D eigenvalue weighted by atomic mass is 9.93. The fourth-order valence-electron chi connectivity index (χ4n) is 2.16. The lowest BCUT2D eigenvalue weighted by molar-refractivity contribution is 0.0511. The highest BCUT2D eigenvalue weighted by Gasteiger charge is 2.20. The molecular formula is C12H21N3O3S. The van der Waals surface area contributed by atoms with Crippen LogP contribution in [0.15, 0.2) is 6.20 Å². The molecule has 0 aromatic carbocycles. The Morgan fingerprint density at radius 2 is 2.37 bits per heavy atom. The summed E-state index contributed by atoms with van der Waals surface area (Å²) < 4.78 is 18.4. The van der Waals surface area contributed by atoms with Gasteiger partial charge in [-0.15, -0.1) is 4.37 Å². The highest BCUT2D eigenvalue weighted by molar-refractivity contribution is 6.99. The van der Waals surface area contributed by atoms with Crippen molar-refractivity contribution in [2.75, 3.05) is 26.4 Å². The molecule has 0 aliphatic carbocycles. The number of ether oxygens (including phenoxy) is 2. The Balaban J connectivity index is 1.60. The van der Waals surface area contributed by atoms with Crippen molar-refractivity contribution in [3.63, 3.8) is 0 Å². The van der Waals surface area contributed by atoms with Crippen LogP contribution in [0.25, 0.3) is 0 Å². The third kappa shape index (κ3) is 5.02. The minimum atomic E-state index is -0.538. The fraction of sp³-hybridized carbons (Fsp3) is 0.833. The van der Waals surface area contributed by atoms with Crippen LogP contribution in [0.2, 0.25) is 0 Å². The van der Waals surface area contributed by atoms with Crippen molar-refractivity contribution in [3.05, 3.63) is 6.20 Å². The first-order valence-corrected chi connectivity index (χ1v) is 7.38. The van der Waals surface area contributed by atoms with E-state index in [-0.39, 0.29) is 6.61 Å². The van der Waals surface area contributed by atoms with Gasteiger partial charge in [-0.05, 0) is 25.7 Å². The molecule has 2 N–H and O–H groups in total. The van der Waals surface area contributed by atoms with Gasteiger partial charge in [0.15, 0.2) is 0 Å². The van der Waals surface area contributed by atoms with Crippen LogP contribution < -0.4 is 10.1 Å². The zero-order valence-corrected chi connectivity index (χ0v) is 11.9. The number of rotatable bonds is 7. The van der Waals surface area contributed by atoms with E-state index in [4.69, 9.17) is 9.47 Å². The summed E-state index contributed by atoms with van der Waals surface area (Å²) in [7, 11) is 0. The molecule has 0 spiro atoms. The highest BCUT2D eigenvalue weighted by atomic mass is 32.1. The molecule has 2 unspecified atom stereocenters. The van der Waals surface area contributed by atoms with Crippen LogP contribution in [-0.2, 0) is 4.74 Å². The van der Waals surface area contributed by atoms with Crippen LogP contribution in [0, 0.1) is 5.92 Å². The minimum Gasteiger partial charge on any atom is -0.473 e. The number of nitrogens with zero attached hydrogens (tertiary/aromatic N) is 2. The molecule has 1 fully saturated rings. The van der Waals surface area contributed by atoms with Crippen LogP contribution in [0.3, 0.4) is 0 Å². The van der Waals surface area contributed by atoms with Crippen molar-refractivity contribution < 1.29 is 14.6 Å². The summed E-state index contributed by atoms with van der Waals surface area (Å²) in [6.07, 6.45) is 3.19. The van der Waals surface area contributed by atoms with E-state index in [0.29, 0.717) is 24.4 Å². The van der Waals surface area contributed by atoms with Gasteiger partial charge in [0.1, 0.15) is 18.9 Å². The Hall–Kier alpha value is -0.760. The average Bonchev–Trinajstić information content (AvgIpc) is 2.96. The summed E-state index contributed by atoms with van der Waals surface area (Å²) >= 11 is 1.09. The van der Waals surface area contributed by atoms with E-state index >= 15 is 0 Å². The SMILES string of the molecule is CC(NCC(O)COc1cnsn1)C1CCOCC1. The molecule has 19 heavy (non-hydrogen) atoms. The average molecular weight is 287 g/mol. The molecule has 0 radical (unpaired) electrons. The molecule has 6 nitrogen and oxygen atoms in total. The van der Waals surface area contributed by atoms with Crippen molar-refractivity contribution in [3.8, 4) is 5.88 Å². The molecule has 2 heterocycles. The van der Waals surface area contributed by atoms with E-state index < -0.39 is 6.10 Å². The zero-order chi connectivity index (χ0) is 13.5. The van der Waals surface area contributed by atoms with E-state index in [1.165, 1.54) is 0 Å². The maximum Gasteiger partial charge on any atom is 0.245 e. The van der Waals surface area contributed by atoms with Gasteiger partial charge in [-0.3, -0.25) is 0 Å². The van der Waals surface area contributed by atoms with Gasteiger partial charge in [0.05, 0.1) is 11.7 Å². The normalized spacial score (nSPS) is 20.1. The Labute approximate surface area is 117 Å². The molecule has 0 saturated carbocycles. The summed E-state index contributed by atoms with van der Waals surface area (Å²) in [6, 6.07) is 0.388. The predicted octanol–water partition coefficient (Wildman–Crippen LogP) is 0.682. The molecule has 2 rings (SSSR count).